The maximum Gasteiger partial charge on any atom is 0.267 e. The van der Waals surface area contributed by atoms with E-state index in [4.69, 9.17) is 10.5 Å². The Bertz CT molecular complexity index is 432. The molecule has 0 aromatic carbocycles. The zero-order valence-electron chi connectivity index (χ0n) is 11.1. The number of nitrogens with one attached hydrogen (secondary N) is 1. The fraction of sp³-hybridized carbons (Fsp3) is 0.538. The summed E-state index contributed by atoms with van der Waals surface area (Å²) in [6, 6.07) is 3.79. The molecule has 0 aliphatic carbocycles. The highest BCUT2D eigenvalue weighted by atomic mass is 16.5. The van der Waals surface area contributed by atoms with Crippen LogP contribution in [0, 0.1) is 0 Å². The van der Waals surface area contributed by atoms with E-state index in [0.29, 0.717) is 0 Å². The number of pyridine rings is 1. The monoisotopic (exact) mass is 264 g/mol. The third-order valence-electron chi connectivity index (χ3n) is 3.06. The van der Waals surface area contributed by atoms with Crippen molar-refractivity contribution < 1.29 is 9.53 Å². The molecule has 6 nitrogen and oxygen atoms in total. The molecule has 19 heavy (non-hydrogen) atoms. The summed E-state index contributed by atoms with van der Waals surface area (Å²) in [4.78, 5) is 17.3. The number of hydrogen-bond donors (Lipinski definition) is 2. The quantitative estimate of drug-likeness (QED) is 0.800. The van der Waals surface area contributed by atoms with Crippen molar-refractivity contribution in [1.82, 2.24) is 9.88 Å². The van der Waals surface area contributed by atoms with Crippen LogP contribution in [0.15, 0.2) is 18.3 Å². The molecule has 6 heteroatoms. The van der Waals surface area contributed by atoms with Crippen molar-refractivity contribution in [2.24, 2.45) is 5.73 Å². The van der Waals surface area contributed by atoms with E-state index >= 15 is 0 Å². The molecule has 3 N–H and O–H groups in total. The Hall–Kier alpha value is -1.66. The summed E-state index contributed by atoms with van der Waals surface area (Å²) in [5.41, 5.74) is 6.36. The first-order chi connectivity index (χ1) is 9.15. The van der Waals surface area contributed by atoms with Crippen LogP contribution in [0.5, 0.6) is 0 Å². The standard InChI is InChI=1S/C13H20N4O2/c1-10(9-17-4-6-19-7-5-17)16-11-2-3-15-12(8-11)13(14)18/h2-3,8,10H,4-7,9H2,1H3,(H2,14,18)(H,15,16). The third kappa shape index (κ3) is 4.18. The van der Waals surface area contributed by atoms with Gasteiger partial charge in [0, 0.05) is 37.6 Å². The van der Waals surface area contributed by atoms with Gasteiger partial charge < -0.3 is 15.8 Å². The molecular formula is C13H20N4O2. The van der Waals surface area contributed by atoms with Crippen LogP contribution in [0.3, 0.4) is 0 Å². The average Bonchev–Trinajstić information content (AvgIpc) is 2.40. The van der Waals surface area contributed by atoms with Crippen LogP contribution in [0.4, 0.5) is 5.69 Å². The van der Waals surface area contributed by atoms with Gasteiger partial charge in [-0.05, 0) is 19.1 Å². The fourth-order valence-electron chi connectivity index (χ4n) is 2.16. The van der Waals surface area contributed by atoms with Crippen LogP contribution in [-0.4, -0.2) is 54.7 Å². The number of carbonyl (C=O) groups is 1. The van der Waals surface area contributed by atoms with Gasteiger partial charge in [-0.15, -0.1) is 0 Å². The lowest BCUT2D eigenvalue weighted by molar-refractivity contribution is 0.0368. The van der Waals surface area contributed by atoms with Gasteiger partial charge in [0.15, 0.2) is 0 Å². The van der Waals surface area contributed by atoms with E-state index < -0.39 is 5.91 Å². The SMILES string of the molecule is CC(CN1CCOCC1)Nc1ccnc(C(N)=O)c1. The summed E-state index contributed by atoms with van der Waals surface area (Å²) < 4.78 is 5.32. The Balaban J connectivity index is 1.88. The fourth-order valence-corrected chi connectivity index (χ4v) is 2.16. The summed E-state index contributed by atoms with van der Waals surface area (Å²) in [6.07, 6.45) is 1.59. The second kappa shape index (κ2) is 6.49. The number of primary amides is 1. The molecule has 1 unspecified atom stereocenters. The summed E-state index contributed by atoms with van der Waals surface area (Å²) in [5, 5.41) is 3.35. The second-order valence-corrected chi connectivity index (χ2v) is 4.75. The van der Waals surface area contributed by atoms with E-state index in [9.17, 15) is 4.79 Å². The number of rotatable bonds is 5. The van der Waals surface area contributed by atoms with Crippen molar-refractivity contribution in [2.75, 3.05) is 38.2 Å². The Morgan fingerprint density at radius 3 is 3.00 bits per heavy atom. The number of hydrogen-bond acceptors (Lipinski definition) is 5. The molecule has 0 bridgehead atoms. The number of nitrogens with two attached hydrogens (primary N) is 1. The minimum Gasteiger partial charge on any atom is -0.381 e. The minimum absolute atomic E-state index is 0.279. The number of nitrogens with zero attached hydrogens (tertiary/aromatic N) is 2. The Morgan fingerprint density at radius 1 is 1.58 bits per heavy atom. The molecule has 0 spiro atoms. The minimum atomic E-state index is -0.510. The average molecular weight is 264 g/mol. The molecule has 1 aliphatic heterocycles. The van der Waals surface area contributed by atoms with Gasteiger partial charge in [0.2, 0.25) is 0 Å². The molecule has 0 saturated carbocycles. The normalized spacial score (nSPS) is 17.9. The van der Waals surface area contributed by atoms with Crippen molar-refractivity contribution >= 4 is 11.6 Å². The van der Waals surface area contributed by atoms with Crippen LogP contribution in [0.25, 0.3) is 0 Å². The van der Waals surface area contributed by atoms with Gasteiger partial charge in [-0.25, -0.2) is 0 Å². The van der Waals surface area contributed by atoms with Gasteiger partial charge in [0.1, 0.15) is 5.69 Å². The number of anilines is 1. The Labute approximate surface area is 112 Å². The maximum atomic E-state index is 11.1. The Morgan fingerprint density at radius 2 is 2.32 bits per heavy atom. The van der Waals surface area contributed by atoms with Crippen LogP contribution in [0.1, 0.15) is 17.4 Å². The lowest BCUT2D eigenvalue weighted by Gasteiger charge is -2.29. The lowest BCUT2D eigenvalue weighted by Crippen LogP contribution is -2.42. The number of aromatic nitrogens is 1. The number of ether oxygens (including phenoxy) is 1. The first-order valence-corrected chi connectivity index (χ1v) is 6.47. The summed E-state index contributed by atoms with van der Waals surface area (Å²) in [5.74, 6) is -0.510. The van der Waals surface area contributed by atoms with E-state index in [0.717, 1.165) is 38.5 Å². The van der Waals surface area contributed by atoms with Gasteiger partial charge in [0.25, 0.3) is 5.91 Å². The zero-order valence-corrected chi connectivity index (χ0v) is 11.1. The van der Waals surface area contributed by atoms with Crippen LogP contribution < -0.4 is 11.1 Å². The van der Waals surface area contributed by atoms with Crippen LogP contribution in [0.2, 0.25) is 0 Å². The summed E-state index contributed by atoms with van der Waals surface area (Å²) in [7, 11) is 0. The molecule has 0 radical (unpaired) electrons. The Kier molecular flexibility index (Phi) is 4.70. The van der Waals surface area contributed by atoms with E-state index in [-0.39, 0.29) is 11.7 Å². The smallest absolute Gasteiger partial charge is 0.267 e. The van der Waals surface area contributed by atoms with Gasteiger partial charge >= 0.3 is 0 Å². The van der Waals surface area contributed by atoms with E-state index in [1.807, 2.05) is 6.07 Å². The lowest BCUT2D eigenvalue weighted by atomic mass is 10.2. The van der Waals surface area contributed by atoms with Gasteiger partial charge in [0.05, 0.1) is 13.2 Å². The van der Waals surface area contributed by atoms with E-state index in [1.165, 1.54) is 0 Å². The van der Waals surface area contributed by atoms with Gasteiger partial charge in [-0.1, -0.05) is 0 Å². The van der Waals surface area contributed by atoms with Crippen molar-refractivity contribution in [1.29, 1.82) is 0 Å². The molecule has 1 atom stereocenters. The molecule has 1 amide bonds. The topological polar surface area (TPSA) is 80.5 Å². The number of amides is 1. The first kappa shape index (κ1) is 13.8. The van der Waals surface area contributed by atoms with Crippen molar-refractivity contribution in [2.45, 2.75) is 13.0 Å². The maximum absolute atomic E-state index is 11.1. The highest BCUT2D eigenvalue weighted by Gasteiger charge is 2.13. The number of carbonyl (C=O) groups excluding carboxylic acids is 1. The van der Waals surface area contributed by atoms with Gasteiger partial charge in [-0.2, -0.15) is 0 Å². The highest BCUT2D eigenvalue weighted by Crippen LogP contribution is 2.10. The van der Waals surface area contributed by atoms with Crippen molar-refractivity contribution in [3.63, 3.8) is 0 Å². The predicted molar refractivity (Wildman–Crippen MR) is 73.1 cm³/mol. The van der Waals surface area contributed by atoms with Crippen LogP contribution >= 0.6 is 0 Å². The first-order valence-electron chi connectivity index (χ1n) is 6.47. The predicted octanol–water partition coefficient (Wildman–Crippen LogP) is 0.313. The second-order valence-electron chi connectivity index (χ2n) is 4.75. The van der Waals surface area contributed by atoms with E-state index in [2.05, 4.69) is 22.1 Å². The molecule has 1 fully saturated rings. The summed E-state index contributed by atoms with van der Waals surface area (Å²) >= 11 is 0. The van der Waals surface area contributed by atoms with Crippen LogP contribution in [-0.2, 0) is 4.74 Å². The molecule has 1 aliphatic rings. The summed E-state index contributed by atoms with van der Waals surface area (Å²) in [6.45, 7) is 6.59. The largest absolute Gasteiger partial charge is 0.381 e. The van der Waals surface area contributed by atoms with E-state index in [1.54, 1.807) is 12.3 Å². The van der Waals surface area contributed by atoms with Crippen molar-refractivity contribution in [3.05, 3.63) is 24.0 Å². The molecule has 104 valence electrons. The third-order valence-corrected chi connectivity index (χ3v) is 3.06. The molecular weight excluding hydrogens is 244 g/mol. The molecule has 2 rings (SSSR count). The molecule has 1 aromatic heterocycles. The molecule has 1 saturated heterocycles. The molecule has 2 heterocycles. The number of morpholine rings is 1. The zero-order chi connectivity index (χ0) is 13.7. The molecule has 1 aromatic rings. The van der Waals surface area contributed by atoms with Gasteiger partial charge in [-0.3, -0.25) is 14.7 Å². The van der Waals surface area contributed by atoms with Crippen molar-refractivity contribution in [3.8, 4) is 0 Å². The highest BCUT2D eigenvalue weighted by molar-refractivity contribution is 5.91.